The highest BCUT2D eigenvalue weighted by Crippen LogP contribution is 2.65. The van der Waals surface area contributed by atoms with E-state index >= 15 is 0 Å². The van der Waals surface area contributed by atoms with Gasteiger partial charge in [0.25, 0.3) is 10.1 Å². The SMILES string of the molecule is C=Cc1ccc(OCC23CC4CC(C2)CC(C(=O)OCc2ccc(S(=O)(=O)O)cc2)(C4)C3)cc1. The zero-order valence-corrected chi connectivity index (χ0v) is 19.9. The monoisotopic (exact) mass is 482 g/mol. The smallest absolute Gasteiger partial charge is 0.312 e. The molecule has 0 amide bonds. The second-order valence-corrected chi connectivity index (χ2v) is 11.9. The predicted molar refractivity (Wildman–Crippen MR) is 128 cm³/mol. The third-order valence-corrected chi connectivity index (χ3v) is 8.74. The van der Waals surface area contributed by atoms with Crippen LogP contribution < -0.4 is 4.74 Å². The van der Waals surface area contributed by atoms with E-state index in [1.54, 1.807) is 18.2 Å². The largest absolute Gasteiger partial charge is 0.493 e. The van der Waals surface area contributed by atoms with Crippen molar-refractivity contribution in [3.05, 3.63) is 66.2 Å². The van der Waals surface area contributed by atoms with E-state index in [0.29, 0.717) is 24.0 Å². The van der Waals surface area contributed by atoms with Gasteiger partial charge < -0.3 is 9.47 Å². The number of ether oxygens (including phenoxy) is 2. The summed E-state index contributed by atoms with van der Waals surface area (Å²) in [5.41, 5.74) is 1.27. The fourth-order valence-corrected chi connectivity index (χ4v) is 7.34. The Labute approximate surface area is 200 Å². The van der Waals surface area contributed by atoms with Crippen LogP contribution in [-0.4, -0.2) is 25.5 Å². The summed E-state index contributed by atoms with van der Waals surface area (Å²) in [6, 6.07) is 13.7. The Morgan fingerprint density at radius 2 is 1.68 bits per heavy atom. The van der Waals surface area contributed by atoms with Crippen LogP contribution in [0.4, 0.5) is 0 Å². The summed E-state index contributed by atoms with van der Waals surface area (Å²) >= 11 is 0. The summed E-state index contributed by atoms with van der Waals surface area (Å²) in [7, 11) is -4.24. The van der Waals surface area contributed by atoms with E-state index in [1.807, 2.05) is 24.3 Å². The average molecular weight is 483 g/mol. The van der Waals surface area contributed by atoms with Gasteiger partial charge in [0, 0.05) is 5.41 Å². The van der Waals surface area contributed by atoms with Crippen LogP contribution in [-0.2, 0) is 26.3 Å². The molecule has 34 heavy (non-hydrogen) atoms. The van der Waals surface area contributed by atoms with E-state index in [-0.39, 0.29) is 22.9 Å². The zero-order chi connectivity index (χ0) is 24.0. The predicted octanol–water partition coefficient (Wildman–Crippen LogP) is 5.29. The first kappa shape index (κ1) is 23.1. The molecule has 0 radical (unpaired) electrons. The summed E-state index contributed by atoms with van der Waals surface area (Å²) in [5, 5.41) is 0. The van der Waals surface area contributed by atoms with Crippen molar-refractivity contribution in [2.24, 2.45) is 22.7 Å². The van der Waals surface area contributed by atoms with Gasteiger partial charge >= 0.3 is 5.97 Å². The maximum absolute atomic E-state index is 13.4. The van der Waals surface area contributed by atoms with Crippen LogP contribution in [0.5, 0.6) is 5.75 Å². The highest BCUT2D eigenvalue weighted by atomic mass is 32.2. The topological polar surface area (TPSA) is 89.9 Å². The standard InChI is InChI=1S/C27H30O6S/c1-2-19-3-7-23(8-4-19)33-18-26-12-21-11-22(13-26)15-27(14-21,17-26)25(28)32-16-20-5-9-24(10-6-20)34(29,30)31/h2-10,21-22H,1,11-18H2,(H,29,30,31). The third-order valence-electron chi connectivity index (χ3n) is 7.87. The van der Waals surface area contributed by atoms with Crippen molar-refractivity contribution in [2.45, 2.75) is 50.0 Å². The van der Waals surface area contributed by atoms with Crippen molar-refractivity contribution in [3.8, 4) is 5.75 Å². The number of esters is 1. The summed E-state index contributed by atoms with van der Waals surface area (Å²) in [5.74, 6) is 1.73. The second-order valence-electron chi connectivity index (χ2n) is 10.5. The van der Waals surface area contributed by atoms with Crippen molar-refractivity contribution in [1.29, 1.82) is 0 Å². The number of carbonyl (C=O) groups is 1. The molecule has 1 N–H and O–H groups in total. The minimum absolute atomic E-state index is 0.00263. The Morgan fingerprint density at radius 3 is 2.26 bits per heavy atom. The molecule has 0 saturated heterocycles. The van der Waals surface area contributed by atoms with Gasteiger partial charge in [0.05, 0.1) is 16.9 Å². The molecular weight excluding hydrogens is 452 g/mol. The van der Waals surface area contributed by atoms with Gasteiger partial charge in [-0.15, -0.1) is 0 Å². The Balaban J connectivity index is 1.26. The van der Waals surface area contributed by atoms with Gasteiger partial charge in [-0.1, -0.05) is 36.9 Å². The lowest BCUT2D eigenvalue weighted by atomic mass is 9.44. The minimum Gasteiger partial charge on any atom is -0.493 e. The summed E-state index contributed by atoms with van der Waals surface area (Å²) in [4.78, 5) is 13.2. The van der Waals surface area contributed by atoms with Gasteiger partial charge in [-0.2, -0.15) is 8.42 Å². The van der Waals surface area contributed by atoms with Gasteiger partial charge in [-0.3, -0.25) is 9.35 Å². The maximum atomic E-state index is 13.4. The highest BCUT2D eigenvalue weighted by Gasteiger charge is 2.61. The Morgan fingerprint density at radius 1 is 1.03 bits per heavy atom. The molecule has 2 atom stereocenters. The number of hydrogen-bond acceptors (Lipinski definition) is 5. The summed E-state index contributed by atoms with van der Waals surface area (Å²) in [6.45, 7) is 4.48. The molecule has 6 rings (SSSR count). The van der Waals surface area contributed by atoms with Crippen LogP contribution in [0.2, 0.25) is 0 Å². The van der Waals surface area contributed by atoms with Crippen LogP contribution in [0.15, 0.2) is 60.0 Å². The van der Waals surface area contributed by atoms with Crippen LogP contribution in [0, 0.1) is 22.7 Å². The normalized spacial score (nSPS) is 29.6. The molecule has 2 unspecified atom stereocenters. The van der Waals surface area contributed by atoms with Crippen LogP contribution in [0.1, 0.15) is 49.7 Å². The molecule has 4 fully saturated rings. The van der Waals surface area contributed by atoms with E-state index in [1.165, 1.54) is 18.6 Å². The van der Waals surface area contributed by atoms with Gasteiger partial charge in [0.2, 0.25) is 0 Å². The van der Waals surface area contributed by atoms with Crippen molar-refractivity contribution in [2.75, 3.05) is 6.61 Å². The van der Waals surface area contributed by atoms with Crippen LogP contribution in [0.25, 0.3) is 6.08 Å². The summed E-state index contributed by atoms with van der Waals surface area (Å²) < 4.78 is 43.6. The molecular formula is C27H30O6S. The van der Waals surface area contributed by atoms with E-state index in [9.17, 15) is 13.2 Å². The molecule has 180 valence electrons. The van der Waals surface area contributed by atoms with E-state index in [0.717, 1.165) is 43.4 Å². The number of carbonyl (C=O) groups excluding carboxylic acids is 1. The highest BCUT2D eigenvalue weighted by molar-refractivity contribution is 7.85. The van der Waals surface area contributed by atoms with E-state index in [2.05, 4.69) is 6.58 Å². The first-order valence-corrected chi connectivity index (χ1v) is 13.2. The first-order valence-electron chi connectivity index (χ1n) is 11.8. The van der Waals surface area contributed by atoms with Crippen molar-refractivity contribution in [1.82, 2.24) is 0 Å². The van der Waals surface area contributed by atoms with Gasteiger partial charge in [0.15, 0.2) is 0 Å². The molecule has 0 spiro atoms. The molecule has 4 bridgehead atoms. The van der Waals surface area contributed by atoms with Gasteiger partial charge in [-0.05, 0) is 85.8 Å². The molecule has 4 aliphatic rings. The quantitative estimate of drug-likeness (QED) is 0.406. The fraction of sp³-hybridized carbons (Fsp3) is 0.444. The van der Waals surface area contributed by atoms with Gasteiger partial charge in [-0.25, -0.2) is 0 Å². The van der Waals surface area contributed by atoms with E-state index in [4.69, 9.17) is 14.0 Å². The summed E-state index contributed by atoms with van der Waals surface area (Å²) in [6.07, 6.45) is 7.72. The Bertz CT molecular complexity index is 1170. The number of hydrogen-bond donors (Lipinski definition) is 1. The molecule has 0 aromatic heterocycles. The average Bonchev–Trinajstić information content (AvgIpc) is 2.80. The molecule has 0 heterocycles. The number of rotatable bonds is 8. The van der Waals surface area contributed by atoms with Crippen molar-refractivity contribution in [3.63, 3.8) is 0 Å². The molecule has 2 aromatic carbocycles. The maximum Gasteiger partial charge on any atom is 0.312 e. The van der Waals surface area contributed by atoms with Crippen LogP contribution in [0.3, 0.4) is 0 Å². The number of benzene rings is 2. The second kappa shape index (κ2) is 8.54. The molecule has 0 aliphatic heterocycles. The van der Waals surface area contributed by atoms with Gasteiger partial charge in [0.1, 0.15) is 12.4 Å². The third kappa shape index (κ3) is 4.51. The van der Waals surface area contributed by atoms with Crippen molar-refractivity contribution >= 4 is 22.2 Å². The lowest BCUT2D eigenvalue weighted by molar-refractivity contribution is -0.185. The lowest BCUT2D eigenvalue weighted by Crippen LogP contribution is -2.57. The van der Waals surface area contributed by atoms with E-state index < -0.39 is 15.5 Å². The fourth-order valence-electron chi connectivity index (χ4n) is 6.86. The molecule has 4 saturated carbocycles. The lowest BCUT2D eigenvalue weighted by Gasteiger charge is -2.60. The zero-order valence-electron chi connectivity index (χ0n) is 19.1. The Hall–Kier alpha value is -2.64. The molecule has 4 aliphatic carbocycles. The Kier molecular flexibility index (Phi) is 5.81. The minimum atomic E-state index is -4.24. The molecule has 6 nitrogen and oxygen atoms in total. The molecule has 7 heteroatoms. The first-order chi connectivity index (χ1) is 16.2. The molecule has 2 aromatic rings. The van der Waals surface area contributed by atoms with Crippen molar-refractivity contribution < 1.29 is 27.2 Å². The van der Waals surface area contributed by atoms with Crippen LogP contribution >= 0.6 is 0 Å².